The van der Waals surface area contributed by atoms with Crippen LogP contribution >= 0.6 is 66.8 Å². The lowest BCUT2D eigenvalue weighted by atomic mass is 10.0. The third kappa shape index (κ3) is 6.21. The molecule has 3 heterocycles. The van der Waals surface area contributed by atoms with Gasteiger partial charge in [-0.1, -0.05) is 44.3 Å². The van der Waals surface area contributed by atoms with E-state index < -0.39 is 12.0 Å². The number of nitrogens with one attached hydrogen (secondary N) is 2. The van der Waals surface area contributed by atoms with E-state index in [1.807, 2.05) is 18.4 Å². The van der Waals surface area contributed by atoms with E-state index in [9.17, 15) is 9.59 Å². The van der Waals surface area contributed by atoms with Gasteiger partial charge >= 0.3 is 0 Å². The molecule has 0 bridgehead atoms. The van der Waals surface area contributed by atoms with E-state index in [1.165, 1.54) is 16.4 Å². The van der Waals surface area contributed by atoms with E-state index in [0.29, 0.717) is 43.1 Å². The Morgan fingerprint density at radius 2 is 1.88 bits per heavy atom. The van der Waals surface area contributed by atoms with Gasteiger partial charge in [0, 0.05) is 44.3 Å². The van der Waals surface area contributed by atoms with Crippen molar-refractivity contribution in [3.05, 3.63) is 91.2 Å². The van der Waals surface area contributed by atoms with Gasteiger partial charge in [0.25, 0.3) is 11.8 Å². The number of carbonyl (C=O) groups excluding carboxylic acids is 2. The number of hydrogen-bond acceptors (Lipinski definition) is 7. The molecular formula is C26H18Br2Cl2N6O3S. The van der Waals surface area contributed by atoms with Crippen LogP contribution in [0, 0.1) is 0 Å². The minimum absolute atomic E-state index is 0.194. The molecule has 40 heavy (non-hydrogen) atoms. The van der Waals surface area contributed by atoms with E-state index in [0.717, 1.165) is 9.37 Å². The Bertz CT molecular complexity index is 1650. The van der Waals surface area contributed by atoms with E-state index in [-0.39, 0.29) is 18.0 Å². The first-order chi connectivity index (χ1) is 19.2. The normalized spacial score (nSPS) is 14.4. The van der Waals surface area contributed by atoms with Crippen molar-refractivity contribution in [2.24, 2.45) is 5.16 Å². The fourth-order valence-electron chi connectivity index (χ4n) is 3.92. The molecular weight excluding hydrogens is 707 g/mol. The summed E-state index contributed by atoms with van der Waals surface area (Å²) >= 11 is 20.6. The largest absolute Gasteiger partial charge is 0.382 e. The van der Waals surface area contributed by atoms with Gasteiger partial charge in [0.1, 0.15) is 10.3 Å². The van der Waals surface area contributed by atoms with Gasteiger partial charge < -0.3 is 15.5 Å². The average molecular weight is 725 g/mol. The zero-order valence-electron chi connectivity index (χ0n) is 20.5. The summed E-state index contributed by atoms with van der Waals surface area (Å²) in [5, 5.41) is 15.3. The van der Waals surface area contributed by atoms with E-state index in [4.69, 9.17) is 28.0 Å². The lowest BCUT2D eigenvalue weighted by Gasteiger charge is -2.16. The molecule has 2 amide bonds. The smallest absolute Gasteiger partial charge is 0.274 e. The second kappa shape index (κ2) is 12.3. The molecule has 0 radical (unpaired) electrons. The van der Waals surface area contributed by atoms with E-state index in [1.54, 1.807) is 48.7 Å². The van der Waals surface area contributed by atoms with Crippen molar-refractivity contribution in [2.75, 3.05) is 16.9 Å². The number of nitrogens with zero attached hydrogens (tertiary/aromatic N) is 4. The highest BCUT2D eigenvalue weighted by Gasteiger charge is 2.31. The fourth-order valence-corrected chi connectivity index (χ4v) is 5.84. The van der Waals surface area contributed by atoms with Gasteiger partial charge in [-0.2, -0.15) is 5.10 Å². The molecule has 1 unspecified atom stereocenters. The third-order valence-corrected chi connectivity index (χ3v) is 7.92. The maximum Gasteiger partial charge on any atom is 0.274 e. The van der Waals surface area contributed by atoms with Crippen LogP contribution in [0.15, 0.2) is 79.9 Å². The van der Waals surface area contributed by atoms with Gasteiger partial charge in [-0.05, 0) is 70.7 Å². The number of benzene rings is 2. The van der Waals surface area contributed by atoms with Crippen molar-refractivity contribution in [1.82, 2.24) is 14.8 Å². The Morgan fingerprint density at radius 1 is 1.10 bits per heavy atom. The molecule has 0 aliphatic carbocycles. The van der Waals surface area contributed by atoms with Crippen molar-refractivity contribution in [3.8, 4) is 5.82 Å². The van der Waals surface area contributed by atoms with Crippen molar-refractivity contribution >= 4 is 95.7 Å². The summed E-state index contributed by atoms with van der Waals surface area (Å²) in [4.78, 5) is 37.0. The van der Waals surface area contributed by atoms with Gasteiger partial charge in [-0.25, -0.2) is 9.67 Å². The highest BCUT2D eigenvalue weighted by molar-refractivity contribution is 9.10. The van der Waals surface area contributed by atoms with Gasteiger partial charge in [-0.15, -0.1) is 11.8 Å². The molecule has 204 valence electrons. The van der Waals surface area contributed by atoms with Gasteiger partial charge in [0.2, 0.25) is 6.10 Å². The molecule has 4 aromatic rings. The number of thioether (sulfide) groups is 1. The van der Waals surface area contributed by atoms with Crippen molar-refractivity contribution in [2.45, 2.75) is 17.4 Å². The molecule has 1 aliphatic heterocycles. The lowest BCUT2D eigenvalue weighted by molar-refractivity contribution is -0.125. The Labute approximate surface area is 259 Å². The zero-order valence-corrected chi connectivity index (χ0v) is 26.0. The first-order valence-electron chi connectivity index (χ1n) is 11.6. The maximum absolute atomic E-state index is 13.6. The van der Waals surface area contributed by atoms with Crippen molar-refractivity contribution < 1.29 is 14.4 Å². The standard InChI is InChI=1S/C26H18Br2Cl2N6O3S/c1-40-21-10-13(27)9-16(18-11-20(39-35-18)26(38)32-15-6-4-14(29)5-7-15)23(21)33-25(37)19-12-22(28)34-36(19)24-17(30)3-2-8-31-24/h2-10,12,20H,11H2,1H3,(H,32,38)(H,33,37). The molecule has 0 saturated carbocycles. The average Bonchev–Trinajstić information content (AvgIpc) is 3.58. The number of rotatable bonds is 7. The number of anilines is 2. The summed E-state index contributed by atoms with van der Waals surface area (Å²) in [6.07, 6.45) is 2.80. The molecule has 14 heteroatoms. The quantitative estimate of drug-likeness (QED) is 0.195. The van der Waals surface area contributed by atoms with Crippen LogP contribution in [0.5, 0.6) is 0 Å². The number of pyridine rings is 1. The number of amides is 2. The maximum atomic E-state index is 13.6. The number of aromatic nitrogens is 3. The van der Waals surface area contributed by atoms with Gasteiger partial charge in [-0.3, -0.25) is 9.59 Å². The molecule has 2 aromatic heterocycles. The summed E-state index contributed by atoms with van der Waals surface area (Å²) in [6.45, 7) is 0. The van der Waals surface area contributed by atoms with Gasteiger partial charge in [0.05, 0.1) is 16.4 Å². The second-order valence-corrected chi connectivity index (χ2v) is 11.8. The van der Waals surface area contributed by atoms with E-state index >= 15 is 0 Å². The second-order valence-electron chi connectivity index (χ2n) is 8.39. The molecule has 0 fully saturated rings. The van der Waals surface area contributed by atoms with Crippen LogP contribution in [0.3, 0.4) is 0 Å². The van der Waals surface area contributed by atoms with Crippen LogP contribution < -0.4 is 10.6 Å². The van der Waals surface area contributed by atoms with Crippen LogP contribution in [-0.4, -0.2) is 44.7 Å². The zero-order chi connectivity index (χ0) is 28.4. The Morgan fingerprint density at radius 3 is 2.60 bits per heavy atom. The van der Waals surface area contributed by atoms with Crippen LogP contribution in [0.4, 0.5) is 11.4 Å². The molecule has 1 aliphatic rings. The molecule has 2 N–H and O–H groups in total. The summed E-state index contributed by atoms with van der Waals surface area (Å²) < 4.78 is 2.57. The third-order valence-electron chi connectivity index (χ3n) is 5.76. The predicted molar refractivity (Wildman–Crippen MR) is 164 cm³/mol. The van der Waals surface area contributed by atoms with Crippen LogP contribution in [-0.2, 0) is 9.63 Å². The number of halogens is 4. The highest BCUT2D eigenvalue weighted by Crippen LogP contribution is 2.36. The Kier molecular flexibility index (Phi) is 8.81. The number of carbonyl (C=O) groups is 2. The molecule has 0 saturated heterocycles. The number of hydrogen-bond donors (Lipinski definition) is 2. The first-order valence-corrected chi connectivity index (χ1v) is 15.1. The minimum atomic E-state index is -0.852. The lowest BCUT2D eigenvalue weighted by Crippen LogP contribution is -2.28. The van der Waals surface area contributed by atoms with Crippen LogP contribution in [0.2, 0.25) is 10.0 Å². The first kappa shape index (κ1) is 28.6. The molecule has 9 nitrogen and oxygen atoms in total. The van der Waals surface area contributed by atoms with E-state index in [2.05, 4.69) is 57.7 Å². The summed E-state index contributed by atoms with van der Waals surface area (Å²) in [6, 6.07) is 15.4. The Hall–Kier alpha value is -2.90. The highest BCUT2D eigenvalue weighted by atomic mass is 79.9. The molecule has 2 aromatic carbocycles. The molecule has 1 atom stereocenters. The monoisotopic (exact) mass is 722 g/mol. The van der Waals surface area contributed by atoms with Crippen LogP contribution in [0.25, 0.3) is 5.82 Å². The topological polar surface area (TPSA) is 110 Å². The Balaban J connectivity index is 1.42. The minimum Gasteiger partial charge on any atom is -0.382 e. The SMILES string of the molecule is CSc1cc(Br)cc(C2=NOC(C(=O)Nc3ccc(Cl)cc3)C2)c1NC(=O)c1cc(Br)nn1-c1ncccc1Cl. The van der Waals surface area contributed by atoms with Gasteiger partial charge in [0.15, 0.2) is 5.82 Å². The summed E-state index contributed by atoms with van der Waals surface area (Å²) in [5.74, 6) is -0.493. The molecule has 5 rings (SSSR count). The fraction of sp³-hybridized carbons (Fsp3) is 0.115. The van der Waals surface area contributed by atoms with Crippen molar-refractivity contribution in [1.29, 1.82) is 0 Å². The summed E-state index contributed by atoms with van der Waals surface area (Å²) in [5.41, 5.74) is 2.42. The van der Waals surface area contributed by atoms with Crippen LogP contribution in [0.1, 0.15) is 22.5 Å². The predicted octanol–water partition coefficient (Wildman–Crippen LogP) is 7.21. The number of oxime groups is 1. The molecule has 0 spiro atoms. The van der Waals surface area contributed by atoms with Crippen molar-refractivity contribution in [3.63, 3.8) is 0 Å². The summed E-state index contributed by atoms with van der Waals surface area (Å²) in [7, 11) is 0.